The van der Waals surface area contributed by atoms with Crippen LogP contribution in [0, 0.1) is 5.92 Å². The Morgan fingerprint density at radius 1 is 1.33 bits per heavy atom. The van der Waals surface area contributed by atoms with Crippen LogP contribution in [0.25, 0.3) is 0 Å². The Morgan fingerprint density at radius 3 is 2.72 bits per heavy atom. The van der Waals surface area contributed by atoms with Gasteiger partial charge in [0.2, 0.25) is 0 Å². The smallest absolute Gasteiger partial charge is 0.308 e. The van der Waals surface area contributed by atoms with Gasteiger partial charge in [-0.25, -0.2) is 0 Å². The van der Waals surface area contributed by atoms with Gasteiger partial charge in [0.15, 0.2) is 0 Å². The van der Waals surface area contributed by atoms with Crippen molar-refractivity contribution in [1.29, 1.82) is 0 Å². The minimum atomic E-state index is -0.0977. The zero-order valence-electron chi connectivity index (χ0n) is 11.2. The first-order valence-corrected chi connectivity index (χ1v) is 6.61. The van der Waals surface area contributed by atoms with Gasteiger partial charge in [0.25, 0.3) is 0 Å². The summed E-state index contributed by atoms with van der Waals surface area (Å²) in [6.45, 7) is 4.34. The van der Waals surface area contributed by atoms with Gasteiger partial charge in [-0.3, -0.25) is 4.79 Å². The van der Waals surface area contributed by atoms with Crippen molar-refractivity contribution in [2.75, 3.05) is 6.61 Å². The molecule has 0 unspecified atom stereocenters. The Bertz CT molecular complexity index is 374. The lowest BCUT2D eigenvalue weighted by molar-refractivity contribution is -0.148. The number of esters is 1. The molecule has 1 rings (SSSR count). The van der Waals surface area contributed by atoms with Gasteiger partial charge in [-0.15, -0.1) is 0 Å². The van der Waals surface area contributed by atoms with E-state index in [-0.39, 0.29) is 17.6 Å². The van der Waals surface area contributed by atoms with Crippen LogP contribution in [0.5, 0.6) is 5.75 Å². The number of benzene rings is 1. The van der Waals surface area contributed by atoms with E-state index in [1.807, 2.05) is 19.1 Å². The fourth-order valence-electron chi connectivity index (χ4n) is 2.04. The van der Waals surface area contributed by atoms with E-state index in [9.17, 15) is 9.90 Å². The van der Waals surface area contributed by atoms with Crippen LogP contribution in [0.3, 0.4) is 0 Å². The fourth-order valence-corrected chi connectivity index (χ4v) is 2.04. The van der Waals surface area contributed by atoms with Crippen LogP contribution in [0.1, 0.15) is 38.7 Å². The van der Waals surface area contributed by atoms with Gasteiger partial charge >= 0.3 is 5.97 Å². The summed E-state index contributed by atoms with van der Waals surface area (Å²) in [5.74, 6) is 0.146. The number of phenols is 1. The van der Waals surface area contributed by atoms with Gasteiger partial charge in [0.1, 0.15) is 5.75 Å². The molecule has 0 radical (unpaired) electrons. The average molecular weight is 250 g/mol. The van der Waals surface area contributed by atoms with Gasteiger partial charge < -0.3 is 9.84 Å². The first-order chi connectivity index (χ1) is 8.67. The van der Waals surface area contributed by atoms with Gasteiger partial charge in [0, 0.05) is 0 Å². The predicted molar refractivity (Wildman–Crippen MR) is 71.5 cm³/mol. The van der Waals surface area contributed by atoms with Gasteiger partial charge in [-0.1, -0.05) is 25.5 Å². The number of ether oxygens (including phenoxy) is 1. The molecule has 0 spiro atoms. The molecule has 0 aromatic heterocycles. The van der Waals surface area contributed by atoms with E-state index in [1.54, 1.807) is 12.1 Å². The van der Waals surface area contributed by atoms with Crippen molar-refractivity contribution in [2.24, 2.45) is 5.92 Å². The number of carbonyl (C=O) groups is 1. The molecule has 0 fully saturated rings. The topological polar surface area (TPSA) is 46.5 Å². The van der Waals surface area contributed by atoms with E-state index in [2.05, 4.69) is 6.92 Å². The Morgan fingerprint density at radius 2 is 2.11 bits per heavy atom. The zero-order valence-corrected chi connectivity index (χ0v) is 11.2. The molecule has 1 atom stereocenters. The maximum Gasteiger partial charge on any atom is 0.308 e. The van der Waals surface area contributed by atoms with Crippen molar-refractivity contribution < 1.29 is 14.6 Å². The van der Waals surface area contributed by atoms with E-state index in [0.717, 1.165) is 31.2 Å². The molecule has 0 amide bonds. The summed E-state index contributed by atoms with van der Waals surface area (Å²) in [7, 11) is 0. The van der Waals surface area contributed by atoms with E-state index < -0.39 is 0 Å². The number of hydrogen-bond acceptors (Lipinski definition) is 3. The lowest BCUT2D eigenvalue weighted by Crippen LogP contribution is -2.18. The van der Waals surface area contributed by atoms with Gasteiger partial charge in [-0.05, 0) is 43.9 Å². The number of rotatable bonds is 7. The lowest BCUT2D eigenvalue weighted by atomic mass is 9.95. The first-order valence-electron chi connectivity index (χ1n) is 6.61. The maximum absolute atomic E-state index is 11.7. The third kappa shape index (κ3) is 4.78. The predicted octanol–water partition coefficient (Wildman–Crippen LogP) is 3.30. The summed E-state index contributed by atoms with van der Waals surface area (Å²) < 4.78 is 5.08. The molecular formula is C15H22O3. The SMILES string of the molecule is CCC[C@H](CCc1cccc(O)c1)C(=O)OCC. The molecule has 3 nitrogen and oxygen atoms in total. The van der Waals surface area contributed by atoms with Crippen molar-refractivity contribution in [1.82, 2.24) is 0 Å². The van der Waals surface area contributed by atoms with Crippen LogP contribution in [-0.4, -0.2) is 17.7 Å². The van der Waals surface area contributed by atoms with E-state index in [4.69, 9.17) is 4.74 Å². The van der Waals surface area contributed by atoms with E-state index in [0.29, 0.717) is 6.61 Å². The highest BCUT2D eigenvalue weighted by molar-refractivity contribution is 5.72. The molecule has 0 aliphatic rings. The van der Waals surface area contributed by atoms with E-state index >= 15 is 0 Å². The molecule has 0 heterocycles. The van der Waals surface area contributed by atoms with Crippen LogP contribution in [0.4, 0.5) is 0 Å². The molecule has 1 aromatic carbocycles. The second-order valence-electron chi connectivity index (χ2n) is 4.45. The average Bonchev–Trinajstić information content (AvgIpc) is 2.35. The quantitative estimate of drug-likeness (QED) is 0.755. The zero-order chi connectivity index (χ0) is 13.4. The number of aryl methyl sites for hydroxylation is 1. The highest BCUT2D eigenvalue weighted by Crippen LogP contribution is 2.19. The lowest BCUT2D eigenvalue weighted by Gasteiger charge is -2.14. The summed E-state index contributed by atoms with van der Waals surface area (Å²) in [5, 5.41) is 9.38. The number of hydrogen-bond donors (Lipinski definition) is 1. The van der Waals surface area contributed by atoms with Crippen LogP contribution >= 0.6 is 0 Å². The summed E-state index contributed by atoms with van der Waals surface area (Å²) in [5.41, 5.74) is 1.06. The highest BCUT2D eigenvalue weighted by atomic mass is 16.5. The summed E-state index contributed by atoms with van der Waals surface area (Å²) in [6, 6.07) is 7.18. The Kier molecular flexibility index (Phi) is 6.26. The highest BCUT2D eigenvalue weighted by Gasteiger charge is 2.18. The Hall–Kier alpha value is -1.51. The molecule has 1 aromatic rings. The molecule has 0 saturated carbocycles. The molecule has 1 N–H and O–H groups in total. The number of carbonyl (C=O) groups excluding carboxylic acids is 1. The second kappa shape index (κ2) is 7.75. The van der Waals surface area contributed by atoms with Crippen molar-refractivity contribution in [2.45, 2.75) is 39.5 Å². The third-order valence-corrected chi connectivity index (χ3v) is 2.95. The normalized spacial score (nSPS) is 12.1. The summed E-state index contributed by atoms with van der Waals surface area (Å²) >= 11 is 0. The third-order valence-electron chi connectivity index (χ3n) is 2.95. The standard InChI is InChI=1S/C15H22O3/c1-3-6-13(15(17)18-4-2)10-9-12-7-5-8-14(16)11-12/h5,7-8,11,13,16H,3-4,6,9-10H2,1-2H3/t13-/m1/s1. The Balaban J connectivity index is 2.53. The monoisotopic (exact) mass is 250 g/mol. The molecule has 100 valence electrons. The van der Waals surface area contributed by atoms with Crippen LogP contribution < -0.4 is 0 Å². The van der Waals surface area contributed by atoms with E-state index in [1.165, 1.54) is 0 Å². The second-order valence-corrected chi connectivity index (χ2v) is 4.45. The molecule has 0 saturated heterocycles. The minimum Gasteiger partial charge on any atom is -0.508 e. The molecule has 0 aliphatic heterocycles. The summed E-state index contributed by atoms with van der Waals surface area (Å²) in [4.78, 5) is 11.7. The molecule has 0 aliphatic carbocycles. The Labute approximate surface area is 109 Å². The fraction of sp³-hybridized carbons (Fsp3) is 0.533. The van der Waals surface area contributed by atoms with Crippen molar-refractivity contribution in [3.63, 3.8) is 0 Å². The van der Waals surface area contributed by atoms with Crippen molar-refractivity contribution >= 4 is 5.97 Å². The first kappa shape index (κ1) is 14.6. The maximum atomic E-state index is 11.7. The van der Waals surface area contributed by atoms with Crippen LogP contribution in [0.15, 0.2) is 24.3 Å². The van der Waals surface area contributed by atoms with Crippen LogP contribution in [0.2, 0.25) is 0 Å². The molecule has 18 heavy (non-hydrogen) atoms. The molecular weight excluding hydrogens is 228 g/mol. The van der Waals surface area contributed by atoms with Crippen molar-refractivity contribution in [3.8, 4) is 5.75 Å². The number of aromatic hydroxyl groups is 1. The summed E-state index contributed by atoms with van der Waals surface area (Å²) in [6.07, 6.45) is 3.40. The largest absolute Gasteiger partial charge is 0.508 e. The minimum absolute atomic E-state index is 0.0303. The molecule has 0 bridgehead atoms. The molecule has 3 heteroatoms. The van der Waals surface area contributed by atoms with Gasteiger partial charge in [-0.2, -0.15) is 0 Å². The number of phenolic OH excluding ortho intramolecular Hbond substituents is 1. The van der Waals surface area contributed by atoms with Crippen LogP contribution in [-0.2, 0) is 16.0 Å². The van der Waals surface area contributed by atoms with Crippen molar-refractivity contribution in [3.05, 3.63) is 29.8 Å². The van der Waals surface area contributed by atoms with Gasteiger partial charge in [0.05, 0.1) is 12.5 Å².